The minimum atomic E-state index is -0.719. The summed E-state index contributed by atoms with van der Waals surface area (Å²) in [6.07, 6.45) is 4.10. The summed E-state index contributed by atoms with van der Waals surface area (Å²) in [6.45, 7) is 2.57. The molecule has 0 saturated heterocycles. The number of benzene rings is 1. The number of ether oxygens (including phenoxy) is 1. The number of hydrogen-bond acceptors (Lipinski definition) is 3. The van der Waals surface area contributed by atoms with E-state index in [9.17, 15) is 13.9 Å². The molecule has 21 heavy (non-hydrogen) atoms. The molecule has 0 heterocycles. The van der Waals surface area contributed by atoms with Gasteiger partial charge in [-0.15, -0.1) is 0 Å². The van der Waals surface area contributed by atoms with Crippen LogP contribution in [0, 0.1) is 17.6 Å². The number of nitrogens with one attached hydrogen (secondary N) is 1. The van der Waals surface area contributed by atoms with Crippen molar-refractivity contribution >= 4 is 5.69 Å². The van der Waals surface area contributed by atoms with Gasteiger partial charge in [0.05, 0.1) is 24.5 Å². The molecule has 1 aromatic carbocycles. The van der Waals surface area contributed by atoms with Crippen molar-refractivity contribution in [2.45, 2.75) is 44.8 Å². The molecule has 0 spiro atoms. The van der Waals surface area contributed by atoms with E-state index in [-0.39, 0.29) is 24.9 Å². The summed E-state index contributed by atoms with van der Waals surface area (Å²) >= 11 is 0. The summed E-state index contributed by atoms with van der Waals surface area (Å²) in [4.78, 5) is 0. The monoisotopic (exact) mass is 299 g/mol. The Morgan fingerprint density at radius 1 is 1.33 bits per heavy atom. The quantitative estimate of drug-likeness (QED) is 0.846. The number of hydrogen-bond donors (Lipinski definition) is 2. The van der Waals surface area contributed by atoms with E-state index < -0.39 is 17.7 Å². The van der Waals surface area contributed by atoms with E-state index in [0.29, 0.717) is 5.92 Å². The first kappa shape index (κ1) is 16.2. The van der Waals surface area contributed by atoms with Crippen molar-refractivity contribution in [1.82, 2.24) is 0 Å². The summed E-state index contributed by atoms with van der Waals surface area (Å²) in [5.41, 5.74) is 0.182. The molecule has 3 atom stereocenters. The Kier molecular flexibility index (Phi) is 5.94. The molecule has 0 amide bonds. The van der Waals surface area contributed by atoms with Crippen LogP contribution in [0.15, 0.2) is 18.2 Å². The van der Waals surface area contributed by atoms with Crippen LogP contribution in [-0.2, 0) is 4.74 Å². The predicted octanol–water partition coefficient (Wildman–Crippen LogP) is 3.33. The fourth-order valence-electron chi connectivity index (χ4n) is 2.68. The number of halogens is 2. The third kappa shape index (κ3) is 4.93. The van der Waals surface area contributed by atoms with Crippen LogP contribution in [0.3, 0.4) is 0 Å². The Morgan fingerprint density at radius 3 is 2.81 bits per heavy atom. The zero-order valence-corrected chi connectivity index (χ0v) is 12.3. The number of aliphatic hydroxyl groups is 1. The second kappa shape index (κ2) is 7.71. The molecule has 0 radical (unpaired) electrons. The highest BCUT2D eigenvalue weighted by Crippen LogP contribution is 2.26. The van der Waals surface area contributed by atoms with Crippen molar-refractivity contribution in [3.05, 3.63) is 29.8 Å². The normalized spacial score (nSPS) is 23.8. The minimum Gasteiger partial charge on any atom is -0.389 e. The Labute approximate surface area is 124 Å². The summed E-state index contributed by atoms with van der Waals surface area (Å²) in [6, 6.07) is 3.31. The van der Waals surface area contributed by atoms with Gasteiger partial charge in [0.25, 0.3) is 0 Å². The van der Waals surface area contributed by atoms with E-state index in [1.807, 2.05) is 0 Å². The highest BCUT2D eigenvalue weighted by atomic mass is 19.1. The molecule has 1 saturated carbocycles. The molecular weight excluding hydrogens is 276 g/mol. The third-order valence-corrected chi connectivity index (χ3v) is 3.99. The van der Waals surface area contributed by atoms with E-state index in [1.54, 1.807) is 0 Å². The topological polar surface area (TPSA) is 41.5 Å². The first-order chi connectivity index (χ1) is 10.1. The van der Waals surface area contributed by atoms with Crippen LogP contribution < -0.4 is 5.32 Å². The first-order valence-corrected chi connectivity index (χ1v) is 7.55. The Morgan fingerprint density at radius 2 is 2.10 bits per heavy atom. The van der Waals surface area contributed by atoms with Crippen molar-refractivity contribution in [2.24, 2.45) is 5.92 Å². The van der Waals surface area contributed by atoms with Crippen LogP contribution in [0.5, 0.6) is 0 Å². The average Bonchev–Trinajstić information content (AvgIpc) is 2.45. The SMILES string of the molecule is CC1CCCCC1OCC(O)CNc1ccc(F)cc1F. The summed E-state index contributed by atoms with van der Waals surface area (Å²) in [5, 5.41) is 12.7. The Hall–Kier alpha value is -1.20. The molecule has 1 aliphatic carbocycles. The molecule has 1 aliphatic rings. The number of rotatable bonds is 6. The Bertz CT molecular complexity index is 456. The maximum absolute atomic E-state index is 13.4. The van der Waals surface area contributed by atoms with Gasteiger partial charge >= 0.3 is 0 Å². The molecule has 0 aromatic heterocycles. The van der Waals surface area contributed by atoms with Crippen LogP contribution in [0.2, 0.25) is 0 Å². The van der Waals surface area contributed by atoms with Crippen LogP contribution in [0.4, 0.5) is 14.5 Å². The molecule has 118 valence electrons. The lowest BCUT2D eigenvalue weighted by Gasteiger charge is -2.29. The van der Waals surface area contributed by atoms with Gasteiger partial charge in [-0.05, 0) is 30.9 Å². The van der Waals surface area contributed by atoms with Crippen LogP contribution >= 0.6 is 0 Å². The second-order valence-corrected chi connectivity index (χ2v) is 5.79. The summed E-state index contributed by atoms with van der Waals surface area (Å²) < 4.78 is 31.9. The van der Waals surface area contributed by atoms with Gasteiger partial charge in [-0.25, -0.2) is 8.78 Å². The van der Waals surface area contributed by atoms with Crippen molar-refractivity contribution in [3.63, 3.8) is 0 Å². The highest BCUT2D eigenvalue weighted by Gasteiger charge is 2.22. The van der Waals surface area contributed by atoms with E-state index in [0.717, 1.165) is 12.5 Å². The van der Waals surface area contributed by atoms with E-state index in [2.05, 4.69) is 12.2 Å². The molecule has 3 unspecified atom stereocenters. The fourth-order valence-corrected chi connectivity index (χ4v) is 2.68. The van der Waals surface area contributed by atoms with E-state index in [4.69, 9.17) is 4.74 Å². The maximum atomic E-state index is 13.4. The van der Waals surface area contributed by atoms with Crippen LogP contribution in [0.1, 0.15) is 32.6 Å². The van der Waals surface area contributed by atoms with Gasteiger partial charge in [-0.2, -0.15) is 0 Å². The predicted molar refractivity (Wildman–Crippen MR) is 78.2 cm³/mol. The molecule has 1 fully saturated rings. The van der Waals surface area contributed by atoms with Crippen molar-refractivity contribution in [1.29, 1.82) is 0 Å². The van der Waals surface area contributed by atoms with Gasteiger partial charge in [0, 0.05) is 12.6 Å². The summed E-state index contributed by atoms with van der Waals surface area (Å²) in [7, 11) is 0. The second-order valence-electron chi connectivity index (χ2n) is 5.79. The standard InChI is InChI=1S/C16H23F2NO2/c1-11-4-2-3-5-16(11)21-10-13(20)9-19-15-7-6-12(17)8-14(15)18/h6-8,11,13,16,19-20H,2-5,9-10H2,1H3. The van der Waals surface area contributed by atoms with E-state index in [1.165, 1.54) is 31.4 Å². The van der Waals surface area contributed by atoms with Crippen LogP contribution in [0.25, 0.3) is 0 Å². The molecule has 2 N–H and O–H groups in total. The van der Waals surface area contributed by atoms with Gasteiger partial charge in [0.15, 0.2) is 0 Å². The maximum Gasteiger partial charge on any atom is 0.149 e. The largest absolute Gasteiger partial charge is 0.389 e. The van der Waals surface area contributed by atoms with Crippen molar-refractivity contribution in [3.8, 4) is 0 Å². The molecule has 5 heteroatoms. The molecule has 0 bridgehead atoms. The van der Waals surface area contributed by atoms with Crippen LogP contribution in [-0.4, -0.2) is 30.5 Å². The molecule has 0 aliphatic heterocycles. The number of aliphatic hydroxyl groups excluding tert-OH is 1. The lowest BCUT2D eigenvalue weighted by Crippen LogP contribution is -2.32. The smallest absolute Gasteiger partial charge is 0.149 e. The van der Waals surface area contributed by atoms with Gasteiger partial charge in [0.2, 0.25) is 0 Å². The fraction of sp³-hybridized carbons (Fsp3) is 0.625. The third-order valence-electron chi connectivity index (χ3n) is 3.99. The minimum absolute atomic E-state index is 0.170. The zero-order chi connectivity index (χ0) is 15.2. The molecule has 1 aromatic rings. The average molecular weight is 299 g/mol. The molecular formula is C16H23F2NO2. The van der Waals surface area contributed by atoms with Crippen molar-refractivity contribution in [2.75, 3.05) is 18.5 Å². The van der Waals surface area contributed by atoms with Gasteiger partial charge in [-0.3, -0.25) is 0 Å². The lowest BCUT2D eigenvalue weighted by molar-refractivity contribution is -0.0424. The lowest BCUT2D eigenvalue weighted by atomic mass is 9.88. The zero-order valence-electron chi connectivity index (χ0n) is 12.3. The van der Waals surface area contributed by atoms with E-state index >= 15 is 0 Å². The van der Waals surface area contributed by atoms with Gasteiger partial charge < -0.3 is 15.2 Å². The molecule has 3 nitrogen and oxygen atoms in total. The Balaban J connectivity index is 1.73. The highest BCUT2D eigenvalue weighted by molar-refractivity contribution is 5.44. The first-order valence-electron chi connectivity index (χ1n) is 7.55. The van der Waals surface area contributed by atoms with Gasteiger partial charge in [-0.1, -0.05) is 19.8 Å². The molecule has 2 rings (SSSR count). The number of anilines is 1. The van der Waals surface area contributed by atoms with Gasteiger partial charge in [0.1, 0.15) is 11.6 Å². The van der Waals surface area contributed by atoms with Crippen molar-refractivity contribution < 1.29 is 18.6 Å². The summed E-state index contributed by atoms with van der Waals surface area (Å²) in [5.74, 6) is -0.759.